The van der Waals surface area contributed by atoms with Crippen LogP contribution in [-0.2, 0) is 9.53 Å². The number of carbonyl (C=O) groups excluding carboxylic acids is 2. The molecule has 2 aliphatic rings. The molecule has 8 heteroatoms. The van der Waals surface area contributed by atoms with E-state index in [0.29, 0.717) is 51.6 Å². The number of carbonyl (C=O) groups is 2. The maximum absolute atomic E-state index is 13.6. The van der Waals surface area contributed by atoms with E-state index in [9.17, 15) is 18.4 Å². The van der Waals surface area contributed by atoms with E-state index in [0.717, 1.165) is 0 Å². The van der Waals surface area contributed by atoms with Crippen LogP contribution in [0, 0.1) is 17.6 Å². The number of benzene rings is 2. The van der Waals surface area contributed by atoms with Gasteiger partial charge in [0.1, 0.15) is 23.5 Å². The number of likely N-dealkylation sites (tertiary alicyclic amines) is 1. The average Bonchev–Trinajstić information content (AvgIpc) is 2.81. The first-order chi connectivity index (χ1) is 15.5. The van der Waals surface area contributed by atoms with E-state index < -0.39 is 5.82 Å². The zero-order chi connectivity index (χ0) is 22.5. The van der Waals surface area contributed by atoms with E-state index >= 15 is 0 Å². The quantitative estimate of drug-likeness (QED) is 0.711. The first-order valence-electron chi connectivity index (χ1n) is 10.8. The molecule has 32 heavy (non-hydrogen) atoms. The van der Waals surface area contributed by atoms with Gasteiger partial charge in [0.15, 0.2) is 0 Å². The normalized spacial score (nSPS) is 21.3. The number of hydrogen-bond acceptors (Lipinski definition) is 4. The molecule has 6 nitrogen and oxygen atoms in total. The second kappa shape index (κ2) is 10.1. The van der Waals surface area contributed by atoms with Crippen LogP contribution < -0.4 is 4.74 Å². The monoisotopic (exact) mass is 444 g/mol. The van der Waals surface area contributed by atoms with Gasteiger partial charge in [-0.15, -0.1) is 0 Å². The highest BCUT2D eigenvalue weighted by molar-refractivity contribution is 5.94. The predicted octanol–water partition coefficient (Wildman–Crippen LogP) is 3.12. The van der Waals surface area contributed by atoms with Crippen molar-refractivity contribution in [2.45, 2.75) is 18.9 Å². The van der Waals surface area contributed by atoms with E-state index in [2.05, 4.69) is 0 Å². The summed E-state index contributed by atoms with van der Waals surface area (Å²) in [7, 11) is 0. The Labute approximate surface area is 185 Å². The summed E-state index contributed by atoms with van der Waals surface area (Å²) in [5.41, 5.74) is 0.279. The van der Waals surface area contributed by atoms with E-state index in [-0.39, 0.29) is 41.6 Å². The summed E-state index contributed by atoms with van der Waals surface area (Å²) in [6, 6.07) is 11.4. The van der Waals surface area contributed by atoms with Crippen molar-refractivity contribution in [3.63, 3.8) is 0 Å². The van der Waals surface area contributed by atoms with Crippen LogP contribution in [-0.4, -0.2) is 67.1 Å². The summed E-state index contributed by atoms with van der Waals surface area (Å²) < 4.78 is 38.3. The summed E-state index contributed by atoms with van der Waals surface area (Å²) >= 11 is 0. The Kier molecular flexibility index (Phi) is 6.99. The molecule has 0 spiro atoms. The molecule has 0 aliphatic carbocycles. The number of morpholine rings is 1. The van der Waals surface area contributed by atoms with Crippen LogP contribution in [0.15, 0.2) is 48.5 Å². The summed E-state index contributed by atoms with van der Waals surface area (Å²) in [5.74, 6) is -0.831. The Hall–Kier alpha value is -3.00. The zero-order valence-corrected chi connectivity index (χ0v) is 17.7. The Bertz CT molecular complexity index is 947. The molecule has 170 valence electrons. The average molecular weight is 444 g/mol. The highest BCUT2D eigenvalue weighted by Crippen LogP contribution is 2.27. The third kappa shape index (κ3) is 5.43. The van der Waals surface area contributed by atoms with E-state index in [1.54, 1.807) is 28.0 Å². The van der Waals surface area contributed by atoms with Gasteiger partial charge in [-0.1, -0.05) is 6.07 Å². The molecule has 2 amide bonds. The minimum Gasteiger partial charge on any atom is -0.490 e. The minimum absolute atomic E-state index is 0.00828. The smallest absolute Gasteiger partial charge is 0.253 e. The van der Waals surface area contributed by atoms with Crippen LogP contribution in [0.4, 0.5) is 8.78 Å². The molecule has 0 N–H and O–H groups in total. The van der Waals surface area contributed by atoms with Crippen molar-refractivity contribution >= 4 is 11.8 Å². The fraction of sp³-hybridized carbons (Fsp3) is 0.417. The maximum Gasteiger partial charge on any atom is 0.253 e. The van der Waals surface area contributed by atoms with Gasteiger partial charge in [-0.2, -0.15) is 0 Å². The van der Waals surface area contributed by atoms with Crippen molar-refractivity contribution in [1.82, 2.24) is 9.80 Å². The van der Waals surface area contributed by atoms with Crippen LogP contribution in [0.2, 0.25) is 0 Å². The molecule has 0 saturated carbocycles. The first-order valence-corrected chi connectivity index (χ1v) is 10.8. The van der Waals surface area contributed by atoms with Gasteiger partial charge in [-0.3, -0.25) is 9.59 Å². The van der Waals surface area contributed by atoms with Crippen molar-refractivity contribution in [1.29, 1.82) is 0 Å². The molecule has 0 aromatic heterocycles. The second-order valence-corrected chi connectivity index (χ2v) is 8.12. The molecule has 2 aromatic carbocycles. The molecule has 4 rings (SSSR count). The number of halogens is 2. The fourth-order valence-electron chi connectivity index (χ4n) is 4.20. The maximum atomic E-state index is 13.6. The van der Waals surface area contributed by atoms with E-state index in [4.69, 9.17) is 9.47 Å². The zero-order valence-electron chi connectivity index (χ0n) is 17.7. The number of hydrogen-bond donors (Lipinski definition) is 0. The number of ether oxygens (including phenoxy) is 2. The molecule has 2 saturated heterocycles. The Morgan fingerprint density at radius 3 is 2.44 bits per heavy atom. The van der Waals surface area contributed by atoms with Crippen LogP contribution in [0.5, 0.6) is 5.75 Å². The van der Waals surface area contributed by atoms with E-state index in [1.807, 2.05) is 0 Å². The van der Waals surface area contributed by atoms with Crippen molar-refractivity contribution in [3.05, 3.63) is 65.7 Å². The molecule has 2 fully saturated rings. The van der Waals surface area contributed by atoms with Gasteiger partial charge >= 0.3 is 0 Å². The molecule has 2 aromatic rings. The van der Waals surface area contributed by atoms with Crippen molar-refractivity contribution in [2.24, 2.45) is 5.92 Å². The first kappa shape index (κ1) is 22.2. The Balaban J connectivity index is 1.49. The number of nitrogens with zero attached hydrogens (tertiary/aromatic N) is 2. The Morgan fingerprint density at radius 2 is 1.72 bits per heavy atom. The highest BCUT2D eigenvalue weighted by atomic mass is 19.1. The third-order valence-corrected chi connectivity index (χ3v) is 5.92. The standard InChI is InChI=1S/C24H26F2N2O4/c25-19-4-6-21(7-5-19)32-22-8-9-28(24(30)17-2-1-3-20(26)14-17)16-18(22)15-23(29)27-10-12-31-13-11-27/h1-7,14,18,22H,8-13,15-16H2/t18-,22-/m0/s1. The van der Waals surface area contributed by atoms with Gasteiger partial charge in [-0.25, -0.2) is 8.78 Å². The third-order valence-electron chi connectivity index (χ3n) is 5.92. The summed E-state index contributed by atoms with van der Waals surface area (Å²) in [6.07, 6.45) is 0.431. The SMILES string of the molecule is O=C(C[C@H]1CN(C(=O)c2cccc(F)c2)CC[C@@H]1Oc1ccc(F)cc1)N1CCOCC1. The molecule has 0 radical (unpaired) electrons. The summed E-state index contributed by atoms with van der Waals surface area (Å²) in [6.45, 7) is 2.84. The Morgan fingerprint density at radius 1 is 0.969 bits per heavy atom. The molecular weight excluding hydrogens is 418 g/mol. The highest BCUT2D eigenvalue weighted by Gasteiger charge is 2.36. The molecule has 2 heterocycles. The lowest BCUT2D eigenvalue weighted by Gasteiger charge is -2.39. The number of rotatable bonds is 5. The van der Waals surface area contributed by atoms with Gasteiger partial charge in [-0.05, 0) is 42.5 Å². The van der Waals surface area contributed by atoms with Crippen LogP contribution in [0.3, 0.4) is 0 Å². The van der Waals surface area contributed by atoms with Gasteiger partial charge in [0.05, 0.1) is 13.2 Å². The van der Waals surface area contributed by atoms with Gasteiger partial charge in [0.25, 0.3) is 5.91 Å². The van der Waals surface area contributed by atoms with Crippen molar-refractivity contribution in [3.8, 4) is 5.75 Å². The molecule has 0 bridgehead atoms. The van der Waals surface area contributed by atoms with Crippen molar-refractivity contribution < 1.29 is 27.8 Å². The van der Waals surface area contributed by atoms with Crippen LogP contribution >= 0.6 is 0 Å². The molecular formula is C24H26F2N2O4. The van der Waals surface area contributed by atoms with Crippen LogP contribution in [0.1, 0.15) is 23.2 Å². The topological polar surface area (TPSA) is 59.1 Å². The lowest BCUT2D eigenvalue weighted by molar-refractivity contribution is -0.137. The van der Waals surface area contributed by atoms with E-state index in [1.165, 1.54) is 30.3 Å². The minimum atomic E-state index is -0.468. The van der Waals surface area contributed by atoms with Crippen molar-refractivity contribution in [2.75, 3.05) is 39.4 Å². The van der Waals surface area contributed by atoms with Gasteiger partial charge < -0.3 is 19.3 Å². The summed E-state index contributed by atoms with van der Waals surface area (Å²) in [4.78, 5) is 29.3. The molecule has 0 unspecified atom stereocenters. The molecule has 2 atom stereocenters. The fourth-order valence-corrected chi connectivity index (χ4v) is 4.20. The summed E-state index contributed by atoms with van der Waals surface area (Å²) in [5, 5.41) is 0. The largest absolute Gasteiger partial charge is 0.490 e. The lowest BCUT2D eigenvalue weighted by Crippen LogP contribution is -2.50. The van der Waals surface area contributed by atoms with Gasteiger partial charge in [0, 0.05) is 50.5 Å². The predicted molar refractivity (Wildman–Crippen MR) is 113 cm³/mol. The molecule has 2 aliphatic heterocycles. The lowest BCUT2D eigenvalue weighted by atomic mass is 9.90. The van der Waals surface area contributed by atoms with Gasteiger partial charge in [0.2, 0.25) is 5.91 Å². The second-order valence-electron chi connectivity index (χ2n) is 8.12. The van der Waals surface area contributed by atoms with Crippen LogP contribution in [0.25, 0.3) is 0 Å². The number of piperidine rings is 1. The number of amides is 2.